The summed E-state index contributed by atoms with van der Waals surface area (Å²) >= 11 is -0.0395. The molecule has 3 N–H and O–H groups in total. The molecule has 0 bridgehead atoms. The molecule has 0 saturated carbocycles. The third-order valence-electron chi connectivity index (χ3n) is 7.35. The van der Waals surface area contributed by atoms with Crippen LogP contribution in [0.3, 0.4) is 0 Å². The molecule has 0 radical (unpaired) electrons. The van der Waals surface area contributed by atoms with Crippen molar-refractivity contribution in [1.29, 1.82) is 0 Å². The van der Waals surface area contributed by atoms with Crippen LogP contribution in [0.15, 0.2) is 95.9 Å². The number of nitrogens with zero attached hydrogens (tertiary/aromatic N) is 2. The van der Waals surface area contributed by atoms with Gasteiger partial charge in [-0.05, 0) is 0 Å². The zero-order valence-corrected chi connectivity index (χ0v) is 24.8. The first-order valence-electron chi connectivity index (χ1n) is 13.1. The van der Waals surface area contributed by atoms with E-state index in [9.17, 15) is 9.90 Å². The molecule has 0 amide bonds. The molecule has 41 heavy (non-hydrogen) atoms. The van der Waals surface area contributed by atoms with Crippen molar-refractivity contribution in [3.63, 3.8) is 0 Å². The average molecular weight is 623 g/mol. The third kappa shape index (κ3) is 5.62. The number of anilines is 1. The van der Waals surface area contributed by atoms with Crippen LogP contribution in [0, 0.1) is 0 Å². The molecule has 4 atom stereocenters. The molecule has 4 aromatic rings. The molecule has 0 spiro atoms. The first-order valence-corrected chi connectivity index (χ1v) is 15.8. The van der Waals surface area contributed by atoms with E-state index in [2.05, 4.69) is 4.98 Å². The molecule has 5 rings (SSSR count). The van der Waals surface area contributed by atoms with Gasteiger partial charge in [-0.1, -0.05) is 0 Å². The van der Waals surface area contributed by atoms with Gasteiger partial charge in [0.1, 0.15) is 0 Å². The van der Waals surface area contributed by atoms with Crippen molar-refractivity contribution in [2.75, 3.05) is 26.6 Å². The first kappa shape index (κ1) is 28.9. The molecule has 3 aromatic carbocycles. The number of hydrogen-bond donors (Lipinski definition) is 2. The summed E-state index contributed by atoms with van der Waals surface area (Å²) in [5.41, 5.74) is 6.75. The van der Waals surface area contributed by atoms with Crippen LogP contribution in [0.4, 0.5) is 5.82 Å². The van der Waals surface area contributed by atoms with Crippen LogP contribution in [-0.2, 0) is 15.1 Å². The summed E-state index contributed by atoms with van der Waals surface area (Å²) < 4.78 is 25.5. The molecule has 2 heterocycles. The predicted molar refractivity (Wildman–Crippen MR) is 156 cm³/mol. The van der Waals surface area contributed by atoms with Gasteiger partial charge in [0, 0.05) is 0 Å². The summed E-state index contributed by atoms with van der Waals surface area (Å²) in [5, 5.41) is 11.4. The minimum absolute atomic E-state index is 0.0395. The number of hydrogen-bond acceptors (Lipinski definition) is 8. The Morgan fingerprint density at radius 3 is 2.00 bits per heavy atom. The quantitative estimate of drug-likeness (QED) is 0.203. The van der Waals surface area contributed by atoms with E-state index in [4.69, 9.17) is 24.7 Å². The van der Waals surface area contributed by atoms with Gasteiger partial charge in [0.05, 0.1) is 0 Å². The molecule has 10 heteroatoms. The second-order valence-corrected chi connectivity index (χ2v) is 11.7. The SMILES string of the molecule is COc1ccc(C(OC[C@H]2O[C@@H](n3ccc(N)nc3=O)[C@H]([Se]C)[C@@H]2O)(c2ccccc2)c2ccc(OC)cc2)cc1. The van der Waals surface area contributed by atoms with Crippen molar-refractivity contribution in [2.24, 2.45) is 0 Å². The van der Waals surface area contributed by atoms with E-state index < -0.39 is 29.7 Å². The summed E-state index contributed by atoms with van der Waals surface area (Å²) in [5.74, 6) is 3.59. The number of rotatable bonds is 10. The van der Waals surface area contributed by atoms with Crippen molar-refractivity contribution in [3.05, 3.63) is 118 Å². The summed E-state index contributed by atoms with van der Waals surface area (Å²) in [6.07, 6.45) is -0.671. The maximum absolute atomic E-state index is 12.6. The van der Waals surface area contributed by atoms with Crippen LogP contribution in [0.1, 0.15) is 22.9 Å². The van der Waals surface area contributed by atoms with Crippen LogP contribution >= 0.6 is 0 Å². The Balaban J connectivity index is 1.56. The fourth-order valence-electron chi connectivity index (χ4n) is 5.24. The molecule has 1 aliphatic heterocycles. The van der Waals surface area contributed by atoms with E-state index in [1.807, 2.05) is 84.7 Å². The molecular formula is C31H33N3O6Se. The second-order valence-electron chi connectivity index (χ2n) is 9.61. The van der Waals surface area contributed by atoms with Crippen LogP contribution in [0.25, 0.3) is 0 Å². The summed E-state index contributed by atoms with van der Waals surface area (Å²) in [6, 6.07) is 26.9. The van der Waals surface area contributed by atoms with Gasteiger partial charge in [0.25, 0.3) is 0 Å². The number of aliphatic hydroxyl groups is 1. The monoisotopic (exact) mass is 623 g/mol. The Bertz CT molecular complexity index is 1450. The number of aromatic nitrogens is 2. The van der Waals surface area contributed by atoms with E-state index in [0.29, 0.717) is 0 Å². The number of nitrogen functional groups attached to an aromatic ring is 1. The molecule has 9 nitrogen and oxygen atoms in total. The normalized spacial score (nSPS) is 20.6. The van der Waals surface area contributed by atoms with Gasteiger partial charge in [-0.3, -0.25) is 0 Å². The molecule has 1 fully saturated rings. The zero-order valence-electron chi connectivity index (χ0n) is 23.0. The first-order chi connectivity index (χ1) is 19.9. The van der Waals surface area contributed by atoms with Crippen molar-refractivity contribution in [1.82, 2.24) is 9.55 Å². The van der Waals surface area contributed by atoms with Crippen molar-refractivity contribution in [2.45, 2.75) is 34.7 Å². The van der Waals surface area contributed by atoms with E-state index in [-0.39, 0.29) is 32.2 Å². The van der Waals surface area contributed by atoms with E-state index in [0.717, 1.165) is 28.2 Å². The van der Waals surface area contributed by atoms with Crippen LogP contribution < -0.4 is 20.9 Å². The molecular weight excluding hydrogens is 589 g/mol. The van der Waals surface area contributed by atoms with E-state index in [1.54, 1.807) is 26.5 Å². The van der Waals surface area contributed by atoms with Gasteiger partial charge in [0.2, 0.25) is 0 Å². The molecule has 1 aromatic heterocycles. The minimum atomic E-state index is -1.06. The maximum atomic E-state index is 12.6. The number of ether oxygens (including phenoxy) is 4. The summed E-state index contributed by atoms with van der Waals surface area (Å²) in [6.45, 7) is 0.0500. The second kappa shape index (κ2) is 12.5. The number of aliphatic hydroxyl groups excluding tert-OH is 1. The molecule has 0 unspecified atom stereocenters. The molecule has 0 aliphatic carbocycles. The number of nitrogens with two attached hydrogens (primary N) is 1. The number of methoxy groups -OCH3 is 2. The Hall–Kier alpha value is -3.66. The molecule has 1 saturated heterocycles. The van der Waals surface area contributed by atoms with Crippen LogP contribution in [0.2, 0.25) is 10.6 Å². The van der Waals surface area contributed by atoms with Crippen molar-refractivity contribution >= 4 is 20.8 Å². The van der Waals surface area contributed by atoms with Gasteiger partial charge in [-0.15, -0.1) is 0 Å². The Morgan fingerprint density at radius 1 is 0.927 bits per heavy atom. The third-order valence-corrected chi connectivity index (χ3v) is 9.56. The van der Waals surface area contributed by atoms with E-state index >= 15 is 0 Å². The molecule has 1 aliphatic rings. The average Bonchev–Trinajstić information content (AvgIpc) is 3.33. The number of benzene rings is 3. The zero-order chi connectivity index (χ0) is 29.0. The fourth-order valence-corrected chi connectivity index (χ4v) is 7.09. The van der Waals surface area contributed by atoms with E-state index in [1.165, 1.54) is 4.57 Å². The molecule has 214 valence electrons. The fraction of sp³-hybridized carbons (Fsp3) is 0.290. The van der Waals surface area contributed by atoms with Gasteiger partial charge in [-0.2, -0.15) is 0 Å². The Kier molecular flexibility index (Phi) is 8.77. The Labute approximate surface area is 245 Å². The van der Waals surface area contributed by atoms with Gasteiger partial charge in [-0.25, -0.2) is 0 Å². The topological polar surface area (TPSA) is 118 Å². The van der Waals surface area contributed by atoms with Crippen LogP contribution in [0.5, 0.6) is 11.5 Å². The standard InChI is InChI=1S/C31H33N3O6Se/c1-37-23-13-9-21(10-14-23)31(20-7-5-4-6-8-20,22-11-15-24(38-2)16-12-22)39-19-25-27(35)28(41-3)29(40-25)34-18-17-26(32)33-30(34)36/h4-18,25,27-29,35H,19H2,1-3H3,(H2,32,33,36)/t25-,27-,28-,29-/m1/s1. The predicted octanol–water partition coefficient (Wildman–Crippen LogP) is 3.65. The van der Waals surface area contributed by atoms with Crippen molar-refractivity contribution < 1.29 is 24.1 Å². The Morgan fingerprint density at radius 2 is 1.49 bits per heavy atom. The van der Waals surface area contributed by atoms with Crippen molar-refractivity contribution in [3.8, 4) is 11.5 Å². The van der Waals surface area contributed by atoms with Gasteiger partial charge >= 0.3 is 245 Å². The summed E-state index contributed by atoms with van der Waals surface area (Å²) in [7, 11) is 3.25. The van der Waals surface area contributed by atoms with Gasteiger partial charge in [0.15, 0.2) is 0 Å². The summed E-state index contributed by atoms with van der Waals surface area (Å²) in [4.78, 5) is 16.2. The van der Waals surface area contributed by atoms with Gasteiger partial charge < -0.3 is 0 Å². The van der Waals surface area contributed by atoms with Crippen LogP contribution in [-0.4, -0.2) is 62.6 Å².